The van der Waals surface area contributed by atoms with Gasteiger partial charge >= 0.3 is 0 Å². The van der Waals surface area contributed by atoms with E-state index in [1.807, 2.05) is 12.3 Å². The Balaban J connectivity index is 1.53. The lowest BCUT2D eigenvalue weighted by atomic mass is 9.97. The average Bonchev–Trinajstić information content (AvgIpc) is 3.33. The van der Waals surface area contributed by atoms with E-state index in [1.54, 1.807) is 11.4 Å². The van der Waals surface area contributed by atoms with Crippen LogP contribution in [0.1, 0.15) is 31.2 Å². The summed E-state index contributed by atoms with van der Waals surface area (Å²) in [5.74, 6) is 1.50. The molecule has 1 aliphatic carbocycles. The fourth-order valence-corrected chi connectivity index (χ4v) is 4.79. The number of pyridine rings is 1. The van der Waals surface area contributed by atoms with Crippen LogP contribution in [0.5, 0.6) is 0 Å². The smallest absolute Gasteiger partial charge is 0.216 e. The first-order chi connectivity index (χ1) is 10.5. The fourth-order valence-electron chi connectivity index (χ4n) is 3.13. The zero-order chi connectivity index (χ0) is 15.7. The van der Waals surface area contributed by atoms with Crippen LogP contribution in [0.25, 0.3) is 0 Å². The third kappa shape index (κ3) is 3.43. The summed E-state index contributed by atoms with van der Waals surface area (Å²) in [5, 5.41) is -0.103. The topological polar surface area (TPSA) is 53.5 Å². The monoisotopic (exact) mass is 323 g/mol. The maximum Gasteiger partial charge on any atom is 0.216 e. The molecule has 0 radical (unpaired) electrons. The van der Waals surface area contributed by atoms with E-state index < -0.39 is 10.0 Å². The van der Waals surface area contributed by atoms with Crippen LogP contribution in [0, 0.1) is 12.8 Å². The van der Waals surface area contributed by atoms with E-state index >= 15 is 0 Å². The number of aryl methyl sites for hydroxylation is 1. The van der Waals surface area contributed by atoms with Gasteiger partial charge in [0.2, 0.25) is 10.0 Å². The highest BCUT2D eigenvalue weighted by Crippen LogP contribution is 2.31. The summed E-state index contributed by atoms with van der Waals surface area (Å²) in [6.45, 7) is 4.65. The van der Waals surface area contributed by atoms with Crippen LogP contribution in [0.4, 0.5) is 5.82 Å². The normalized spacial score (nSPS) is 20.6. The molecule has 0 atom stereocenters. The standard InChI is InChI=1S/C16H25N3O2S/c1-13-5-8-17-16(11-13)19-9-6-14(7-10-19)12-18(2)22(20,21)15-3-4-15/h5,8,11,14-15H,3-4,6-7,9-10,12H2,1-2H3. The molecule has 2 heterocycles. The van der Waals surface area contributed by atoms with Crippen LogP contribution in [-0.2, 0) is 10.0 Å². The van der Waals surface area contributed by atoms with Crippen LogP contribution in [0.3, 0.4) is 0 Å². The number of sulfonamides is 1. The Morgan fingerprint density at radius 1 is 1.27 bits per heavy atom. The van der Waals surface area contributed by atoms with Gasteiger partial charge in [0.15, 0.2) is 0 Å². The average molecular weight is 323 g/mol. The van der Waals surface area contributed by atoms with E-state index in [9.17, 15) is 8.42 Å². The lowest BCUT2D eigenvalue weighted by Gasteiger charge is -2.34. The van der Waals surface area contributed by atoms with Crippen molar-refractivity contribution in [2.75, 3.05) is 31.6 Å². The van der Waals surface area contributed by atoms with Crippen molar-refractivity contribution in [3.05, 3.63) is 23.9 Å². The zero-order valence-electron chi connectivity index (χ0n) is 13.4. The molecule has 6 heteroatoms. The molecule has 3 rings (SSSR count). The quantitative estimate of drug-likeness (QED) is 0.832. The number of anilines is 1. The van der Waals surface area contributed by atoms with Crippen molar-refractivity contribution < 1.29 is 8.42 Å². The van der Waals surface area contributed by atoms with Gasteiger partial charge in [0.05, 0.1) is 5.25 Å². The van der Waals surface area contributed by atoms with Crippen molar-refractivity contribution in [2.45, 2.75) is 37.9 Å². The highest BCUT2D eigenvalue weighted by Gasteiger charge is 2.39. The van der Waals surface area contributed by atoms with Gasteiger partial charge in [-0.05, 0) is 56.2 Å². The van der Waals surface area contributed by atoms with E-state index in [0.29, 0.717) is 12.5 Å². The third-order valence-electron chi connectivity index (χ3n) is 4.73. The number of hydrogen-bond donors (Lipinski definition) is 0. The van der Waals surface area contributed by atoms with Gasteiger partial charge in [-0.2, -0.15) is 0 Å². The Hall–Kier alpha value is -1.14. The van der Waals surface area contributed by atoms with Gasteiger partial charge in [0.25, 0.3) is 0 Å². The van der Waals surface area contributed by atoms with E-state index in [0.717, 1.165) is 44.6 Å². The molecule has 1 saturated carbocycles. The molecule has 2 fully saturated rings. The molecule has 1 aliphatic heterocycles. The molecule has 22 heavy (non-hydrogen) atoms. The molecular weight excluding hydrogens is 298 g/mol. The lowest BCUT2D eigenvalue weighted by molar-refractivity contribution is 0.327. The summed E-state index contributed by atoms with van der Waals surface area (Å²) >= 11 is 0. The van der Waals surface area contributed by atoms with Crippen LogP contribution in [0.15, 0.2) is 18.3 Å². The molecule has 0 unspecified atom stereocenters. The summed E-state index contributed by atoms with van der Waals surface area (Å²) in [4.78, 5) is 6.74. The largest absolute Gasteiger partial charge is 0.357 e. The van der Waals surface area contributed by atoms with Gasteiger partial charge in [-0.25, -0.2) is 17.7 Å². The minimum absolute atomic E-state index is 0.103. The van der Waals surface area contributed by atoms with E-state index in [4.69, 9.17) is 0 Å². The molecule has 1 saturated heterocycles. The van der Waals surface area contributed by atoms with E-state index in [-0.39, 0.29) is 5.25 Å². The Bertz CT molecular complexity index is 620. The molecule has 0 aromatic carbocycles. The Morgan fingerprint density at radius 3 is 2.55 bits per heavy atom. The second-order valence-corrected chi connectivity index (χ2v) is 8.97. The summed E-state index contributed by atoms with van der Waals surface area (Å²) < 4.78 is 26.0. The summed E-state index contributed by atoms with van der Waals surface area (Å²) in [6.07, 6.45) is 5.58. The van der Waals surface area contributed by atoms with Crippen LogP contribution >= 0.6 is 0 Å². The maximum absolute atomic E-state index is 12.2. The fraction of sp³-hybridized carbons (Fsp3) is 0.688. The lowest BCUT2D eigenvalue weighted by Crippen LogP contribution is -2.40. The molecule has 2 aliphatic rings. The molecule has 0 N–H and O–H groups in total. The predicted octanol–water partition coefficient (Wildman–Crippen LogP) is 2.03. The summed E-state index contributed by atoms with van der Waals surface area (Å²) in [6, 6.07) is 4.12. The second kappa shape index (κ2) is 6.16. The van der Waals surface area contributed by atoms with Crippen LogP contribution < -0.4 is 4.90 Å². The second-order valence-electron chi connectivity index (χ2n) is 6.65. The zero-order valence-corrected chi connectivity index (χ0v) is 14.2. The molecular formula is C16H25N3O2S. The SMILES string of the molecule is Cc1ccnc(N2CCC(CN(C)S(=O)(=O)C3CC3)CC2)c1. The predicted molar refractivity (Wildman–Crippen MR) is 88.5 cm³/mol. The molecule has 0 spiro atoms. The van der Waals surface area contributed by atoms with Crippen molar-refractivity contribution in [2.24, 2.45) is 5.92 Å². The van der Waals surface area contributed by atoms with Gasteiger partial charge in [0, 0.05) is 32.9 Å². The van der Waals surface area contributed by atoms with Crippen molar-refractivity contribution >= 4 is 15.8 Å². The number of nitrogens with zero attached hydrogens (tertiary/aromatic N) is 3. The molecule has 122 valence electrons. The first-order valence-electron chi connectivity index (χ1n) is 8.09. The van der Waals surface area contributed by atoms with Gasteiger partial charge in [-0.15, -0.1) is 0 Å². The molecule has 1 aromatic heterocycles. The van der Waals surface area contributed by atoms with E-state index in [1.165, 1.54) is 5.56 Å². The first-order valence-corrected chi connectivity index (χ1v) is 9.60. The first kappa shape index (κ1) is 15.7. The minimum atomic E-state index is -3.03. The Labute approximate surface area is 133 Å². The number of hydrogen-bond acceptors (Lipinski definition) is 4. The number of rotatable bonds is 5. The van der Waals surface area contributed by atoms with Crippen molar-refractivity contribution in [1.29, 1.82) is 0 Å². The minimum Gasteiger partial charge on any atom is -0.357 e. The third-order valence-corrected chi connectivity index (χ3v) is 7.07. The van der Waals surface area contributed by atoms with Crippen molar-refractivity contribution in [3.8, 4) is 0 Å². The van der Waals surface area contributed by atoms with Gasteiger partial charge in [-0.1, -0.05) is 0 Å². The molecule has 5 nitrogen and oxygen atoms in total. The van der Waals surface area contributed by atoms with Gasteiger partial charge < -0.3 is 4.90 Å². The summed E-state index contributed by atoms with van der Waals surface area (Å²) in [5.41, 5.74) is 1.22. The van der Waals surface area contributed by atoms with Crippen molar-refractivity contribution in [1.82, 2.24) is 9.29 Å². The highest BCUT2D eigenvalue weighted by atomic mass is 32.2. The van der Waals surface area contributed by atoms with Crippen LogP contribution in [0.2, 0.25) is 0 Å². The highest BCUT2D eigenvalue weighted by molar-refractivity contribution is 7.90. The maximum atomic E-state index is 12.2. The number of piperidine rings is 1. The van der Waals surface area contributed by atoms with Crippen LogP contribution in [-0.4, -0.2) is 49.6 Å². The van der Waals surface area contributed by atoms with Gasteiger partial charge in [-0.3, -0.25) is 0 Å². The number of aromatic nitrogens is 1. The van der Waals surface area contributed by atoms with Gasteiger partial charge in [0.1, 0.15) is 5.82 Å². The molecule has 0 amide bonds. The Morgan fingerprint density at radius 2 is 1.95 bits per heavy atom. The van der Waals surface area contributed by atoms with Crippen molar-refractivity contribution in [3.63, 3.8) is 0 Å². The molecule has 0 bridgehead atoms. The molecule has 1 aromatic rings. The van der Waals surface area contributed by atoms with E-state index in [2.05, 4.69) is 22.9 Å². The Kier molecular flexibility index (Phi) is 4.41. The summed E-state index contributed by atoms with van der Waals surface area (Å²) in [7, 11) is -1.29.